The topological polar surface area (TPSA) is 52.6 Å². The maximum Gasteiger partial charge on any atom is 0.220 e. The van der Waals surface area contributed by atoms with Crippen LogP contribution in [0, 0.1) is 23.2 Å². The molecular weight excluding hydrogens is 300 g/mol. The lowest BCUT2D eigenvalue weighted by molar-refractivity contribution is -0.169. The van der Waals surface area contributed by atoms with Gasteiger partial charge in [0, 0.05) is 19.5 Å². The molecule has 0 radical (unpaired) electrons. The molecule has 4 heteroatoms. The molecule has 2 unspecified atom stereocenters. The Bertz CT molecular complexity index is 478. The summed E-state index contributed by atoms with van der Waals surface area (Å²) in [6.07, 6.45) is 10.8. The van der Waals surface area contributed by atoms with Crippen molar-refractivity contribution in [1.29, 1.82) is 0 Å². The van der Waals surface area contributed by atoms with Crippen molar-refractivity contribution in [1.82, 2.24) is 10.2 Å². The first-order valence-corrected chi connectivity index (χ1v) is 10.1. The Hall–Kier alpha value is -0.610. The van der Waals surface area contributed by atoms with E-state index in [1.165, 1.54) is 45.2 Å². The minimum atomic E-state index is -0.447. The molecule has 24 heavy (non-hydrogen) atoms. The Morgan fingerprint density at radius 1 is 1.25 bits per heavy atom. The van der Waals surface area contributed by atoms with E-state index in [1.54, 1.807) is 0 Å². The van der Waals surface area contributed by atoms with E-state index in [1.807, 2.05) is 0 Å². The number of hydrogen-bond donors (Lipinski definition) is 2. The summed E-state index contributed by atoms with van der Waals surface area (Å²) in [5.74, 6) is 2.30. The van der Waals surface area contributed by atoms with E-state index in [0.29, 0.717) is 18.3 Å². The van der Waals surface area contributed by atoms with Crippen molar-refractivity contribution in [2.75, 3.05) is 26.7 Å². The quantitative estimate of drug-likeness (QED) is 0.812. The summed E-state index contributed by atoms with van der Waals surface area (Å²) in [5, 5.41) is 14.0. The van der Waals surface area contributed by atoms with Gasteiger partial charge in [0.25, 0.3) is 0 Å². The minimum absolute atomic E-state index is 0.105. The molecule has 1 aliphatic heterocycles. The fourth-order valence-electron chi connectivity index (χ4n) is 6.94. The number of likely N-dealkylation sites (tertiary alicyclic amines) is 1. The van der Waals surface area contributed by atoms with Gasteiger partial charge in [0.05, 0.1) is 5.60 Å². The van der Waals surface area contributed by atoms with Crippen LogP contribution in [0.4, 0.5) is 0 Å². The summed E-state index contributed by atoms with van der Waals surface area (Å²) in [4.78, 5) is 14.9. The number of nitrogens with one attached hydrogen (secondary N) is 1. The molecule has 5 rings (SSSR count). The van der Waals surface area contributed by atoms with Crippen LogP contribution in [0.5, 0.6) is 0 Å². The monoisotopic (exact) mass is 334 g/mol. The molecular formula is C20H34N2O2. The van der Waals surface area contributed by atoms with Gasteiger partial charge in [-0.25, -0.2) is 0 Å². The molecule has 4 saturated carbocycles. The van der Waals surface area contributed by atoms with Crippen LogP contribution in [0.3, 0.4) is 0 Å². The molecule has 1 heterocycles. The molecule has 1 saturated heterocycles. The first-order valence-electron chi connectivity index (χ1n) is 10.1. The van der Waals surface area contributed by atoms with Crippen LogP contribution in [0.15, 0.2) is 0 Å². The van der Waals surface area contributed by atoms with E-state index in [9.17, 15) is 9.90 Å². The van der Waals surface area contributed by atoms with Crippen molar-refractivity contribution in [2.45, 2.75) is 69.8 Å². The van der Waals surface area contributed by atoms with Crippen LogP contribution < -0.4 is 5.32 Å². The molecule has 1 amide bonds. The standard InChI is InChI=1S/C20H34N2O2/c1-22-6-2-3-15(13-22)4-5-21-18(23)12-19-8-16-7-17(9-19)11-20(24,10-16)14-19/h15-17,24H,2-14H2,1H3,(H,21,23)/t15-,16-,17+,19?,20?/m0/s1. The van der Waals surface area contributed by atoms with Gasteiger partial charge in [0.2, 0.25) is 5.91 Å². The SMILES string of the molecule is CN1CCC[C@@H](CCNC(=O)CC23C[C@@H]4C[C@@H](CC(O)(C4)C2)C3)C1. The number of aliphatic hydroxyl groups is 1. The summed E-state index contributed by atoms with van der Waals surface area (Å²) >= 11 is 0. The fourth-order valence-corrected chi connectivity index (χ4v) is 6.94. The van der Waals surface area contributed by atoms with Gasteiger partial charge in [0.15, 0.2) is 0 Å². The van der Waals surface area contributed by atoms with Gasteiger partial charge < -0.3 is 15.3 Å². The predicted octanol–water partition coefficient (Wildman–Crippen LogP) is 2.56. The Kier molecular flexibility index (Phi) is 4.41. The van der Waals surface area contributed by atoms with Crippen LogP contribution in [0.1, 0.15) is 64.2 Å². The summed E-state index contributed by atoms with van der Waals surface area (Å²) in [6.45, 7) is 3.22. The minimum Gasteiger partial charge on any atom is -0.390 e. The smallest absolute Gasteiger partial charge is 0.220 e. The van der Waals surface area contributed by atoms with E-state index in [0.717, 1.165) is 38.1 Å². The molecule has 2 N–H and O–H groups in total. The highest BCUT2D eigenvalue weighted by Gasteiger charge is 2.57. The summed E-state index contributed by atoms with van der Waals surface area (Å²) in [7, 11) is 2.20. The molecule has 0 aromatic carbocycles. The number of nitrogens with zero attached hydrogens (tertiary/aromatic N) is 1. The van der Waals surface area contributed by atoms with Crippen molar-refractivity contribution in [2.24, 2.45) is 23.2 Å². The predicted molar refractivity (Wildman–Crippen MR) is 94.5 cm³/mol. The van der Waals surface area contributed by atoms with Crippen LogP contribution in [-0.4, -0.2) is 48.2 Å². The van der Waals surface area contributed by atoms with Crippen molar-refractivity contribution < 1.29 is 9.90 Å². The third kappa shape index (κ3) is 3.50. The van der Waals surface area contributed by atoms with E-state index in [4.69, 9.17) is 0 Å². The molecule has 4 aliphatic carbocycles. The molecule has 0 aromatic heterocycles. The third-order valence-corrected chi connectivity index (χ3v) is 7.28. The van der Waals surface area contributed by atoms with Gasteiger partial charge in [0.1, 0.15) is 0 Å². The highest BCUT2D eigenvalue weighted by atomic mass is 16.3. The van der Waals surface area contributed by atoms with Gasteiger partial charge in [-0.3, -0.25) is 4.79 Å². The van der Waals surface area contributed by atoms with Crippen LogP contribution in [0.25, 0.3) is 0 Å². The Morgan fingerprint density at radius 3 is 2.67 bits per heavy atom. The second kappa shape index (κ2) is 6.28. The van der Waals surface area contributed by atoms with Gasteiger partial charge in [-0.05, 0) is 94.5 Å². The highest BCUT2D eigenvalue weighted by molar-refractivity contribution is 5.76. The Labute approximate surface area is 146 Å². The molecule has 0 aromatic rings. The molecule has 5 fully saturated rings. The lowest BCUT2D eigenvalue weighted by Gasteiger charge is -2.60. The van der Waals surface area contributed by atoms with Crippen molar-refractivity contribution in [3.05, 3.63) is 0 Å². The van der Waals surface area contributed by atoms with Crippen LogP contribution in [-0.2, 0) is 4.79 Å². The normalized spacial score (nSPS) is 44.7. The maximum absolute atomic E-state index is 12.5. The molecule has 0 spiro atoms. The first kappa shape index (κ1) is 16.8. The number of hydrogen-bond acceptors (Lipinski definition) is 3. The number of piperidine rings is 1. The summed E-state index contributed by atoms with van der Waals surface area (Å²) in [5.41, 5.74) is -0.342. The second-order valence-electron chi connectivity index (χ2n) is 9.77. The summed E-state index contributed by atoms with van der Waals surface area (Å²) in [6, 6.07) is 0. The van der Waals surface area contributed by atoms with Crippen LogP contribution >= 0.6 is 0 Å². The lowest BCUT2D eigenvalue weighted by Crippen LogP contribution is -2.56. The fraction of sp³-hybridized carbons (Fsp3) is 0.950. The number of carbonyl (C=O) groups is 1. The third-order valence-electron chi connectivity index (χ3n) is 7.28. The van der Waals surface area contributed by atoms with Gasteiger partial charge in [-0.1, -0.05) is 0 Å². The van der Waals surface area contributed by atoms with E-state index in [2.05, 4.69) is 17.3 Å². The molecule has 4 bridgehead atoms. The van der Waals surface area contributed by atoms with E-state index in [-0.39, 0.29) is 11.3 Å². The Balaban J connectivity index is 1.26. The first-order chi connectivity index (χ1) is 11.4. The maximum atomic E-state index is 12.5. The average Bonchev–Trinajstić information content (AvgIpc) is 2.43. The largest absolute Gasteiger partial charge is 0.390 e. The molecule has 5 aliphatic rings. The lowest BCUT2D eigenvalue weighted by atomic mass is 9.47. The van der Waals surface area contributed by atoms with Crippen molar-refractivity contribution in [3.8, 4) is 0 Å². The van der Waals surface area contributed by atoms with Gasteiger partial charge in [-0.2, -0.15) is 0 Å². The Morgan fingerprint density at radius 2 is 2.00 bits per heavy atom. The zero-order valence-electron chi connectivity index (χ0n) is 15.2. The van der Waals surface area contributed by atoms with E-state index < -0.39 is 5.60 Å². The molecule has 136 valence electrons. The number of amides is 1. The molecule has 5 atom stereocenters. The van der Waals surface area contributed by atoms with Crippen LogP contribution in [0.2, 0.25) is 0 Å². The average molecular weight is 335 g/mol. The number of rotatable bonds is 5. The van der Waals surface area contributed by atoms with Crippen molar-refractivity contribution >= 4 is 5.91 Å². The molecule has 4 nitrogen and oxygen atoms in total. The van der Waals surface area contributed by atoms with Gasteiger partial charge in [-0.15, -0.1) is 0 Å². The zero-order valence-corrected chi connectivity index (χ0v) is 15.2. The summed E-state index contributed by atoms with van der Waals surface area (Å²) < 4.78 is 0. The van der Waals surface area contributed by atoms with E-state index >= 15 is 0 Å². The van der Waals surface area contributed by atoms with Crippen molar-refractivity contribution in [3.63, 3.8) is 0 Å². The highest BCUT2D eigenvalue weighted by Crippen LogP contribution is 2.62. The zero-order chi connectivity index (χ0) is 16.8. The van der Waals surface area contributed by atoms with Gasteiger partial charge >= 0.3 is 0 Å². The second-order valence-corrected chi connectivity index (χ2v) is 9.77. The number of carbonyl (C=O) groups excluding carboxylic acids is 1.